The highest BCUT2D eigenvalue weighted by molar-refractivity contribution is 5.10. The zero-order valence-corrected chi connectivity index (χ0v) is 12.1. The Hall–Kier alpha value is -0.0800. The van der Waals surface area contributed by atoms with E-state index in [2.05, 4.69) is 19.2 Å². The summed E-state index contributed by atoms with van der Waals surface area (Å²) < 4.78 is 5.97. The molecule has 0 aromatic heterocycles. The van der Waals surface area contributed by atoms with Crippen LogP contribution in [0.3, 0.4) is 0 Å². The van der Waals surface area contributed by atoms with Gasteiger partial charge in [-0.25, -0.2) is 0 Å². The van der Waals surface area contributed by atoms with Crippen molar-refractivity contribution in [2.24, 2.45) is 17.3 Å². The second-order valence-electron chi connectivity index (χ2n) is 7.31. The minimum atomic E-state index is 0.347. The van der Waals surface area contributed by atoms with Crippen LogP contribution in [0.2, 0.25) is 0 Å². The molecule has 2 nitrogen and oxygen atoms in total. The summed E-state index contributed by atoms with van der Waals surface area (Å²) in [5, 5.41) is 3.90. The Bertz CT molecular complexity index is 283. The lowest BCUT2D eigenvalue weighted by molar-refractivity contribution is -0.193. The van der Waals surface area contributed by atoms with Crippen LogP contribution in [0.25, 0.3) is 0 Å². The highest BCUT2D eigenvalue weighted by Crippen LogP contribution is 2.51. The summed E-state index contributed by atoms with van der Waals surface area (Å²) in [5.74, 6) is 1.73. The molecule has 2 heteroatoms. The van der Waals surface area contributed by atoms with E-state index < -0.39 is 0 Å². The van der Waals surface area contributed by atoms with E-state index in [0.29, 0.717) is 17.6 Å². The Morgan fingerprint density at radius 1 is 1.06 bits per heavy atom. The van der Waals surface area contributed by atoms with Crippen molar-refractivity contribution in [3.8, 4) is 0 Å². The molecule has 3 rings (SSSR count). The molecule has 1 saturated heterocycles. The first-order chi connectivity index (χ1) is 8.69. The fourth-order valence-corrected chi connectivity index (χ4v) is 4.62. The summed E-state index contributed by atoms with van der Waals surface area (Å²) in [7, 11) is 0. The fraction of sp³-hybridized carbons (Fsp3) is 1.00. The summed E-state index contributed by atoms with van der Waals surface area (Å²) >= 11 is 0. The molecule has 2 saturated carbocycles. The van der Waals surface area contributed by atoms with Gasteiger partial charge in [-0.1, -0.05) is 33.1 Å². The second kappa shape index (κ2) is 5.13. The van der Waals surface area contributed by atoms with E-state index in [1.165, 1.54) is 51.5 Å². The first kappa shape index (κ1) is 12.9. The van der Waals surface area contributed by atoms with Crippen molar-refractivity contribution in [2.75, 3.05) is 13.2 Å². The predicted molar refractivity (Wildman–Crippen MR) is 74.6 cm³/mol. The van der Waals surface area contributed by atoms with E-state index in [1.54, 1.807) is 0 Å². The second-order valence-corrected chi connectivity index (χ2v) is 7.31. The van der Waals surface area contributed by atoms with Crippen LogP contribution < -0.4 is 5.32 Å². The Morgan fingerprint density at radius 2 is 1.83 bits per heavy atom. The van der Waals surface area contributed by atoms with Crippen molar-refractivity contribution < 1.29 is 4.74 Å². The number of hydrogen-bond acceptors (Lipinski definition) is 2. The molecule has 0 spiro atoms. The van der Waals surface area contributed by atoms with Gasteiger partial charge in [0.15, 0.2) is 0 Å². The van der Waals surface area contributed by atoms with Gasteiger partial charge in [-0.3, -0.25) is 0 Å². The van der Waals surface area contributed by atoms with Crippen molar-refractivity contribution in [1.29, 1.82) is 0 Å². The number of nitrogens with one attached hydrogen (secondary N) is 1. The van der Waals surface area contributed by atoms with Gasteiger partial charge in [0.1, 0.15) is 0 Å². The van der Waals surface area contributed by atoms with Crippen LogP contribution in [0.4, 0.5) is 0 Å². The lowest BCUT2D eigenvalue weighted by Crippen LogP contribution is -2.69. The molecule has 104 valence electrons. The van der Waals surface area contributed by atoms with Crippen LogP contribution in [-0.4, -0.2) is 25.3 Å². The zero-order chi connectivity index (χ0) is 12.6. The lowest BCUT2D eigenvalue weighted by Gasteiger charge is -2.60. The molecule has 0 bridgehead atoms. The fourth-order valence-electron chi connectivity index (χ4n) is 4.62. The van der Waals surface area contributed by atoms with Crippen molar-refractivity contribution >= 4 is 0 Å². The molecule has 3 fully saturated rings. The van der Waals surface area contributed by atoms with Crippen LogP contribution in [0.1, 0.15) is 58.8 Å². The minimum Gasteiger partial charge on any atom is -0.377 e. The SMILES string of the molecule is CC1(C)C(NCC2CCCCC2)C2CCCOC21. The molecule has 0 aromatic carbocycles. The van der Waals surface area contributed by atoms with E-state index in [1.807, 2.05) is 0 Å². The number of ether oxygens (including phenoxy) is 1. The highest BCUT2D eigenvalue weighted by Gasteiger charge is 2.57. The third-order valence-corrected chi connectivity index (χ3v) is 5.68. The number of fused-ring (bicyclic) bond motifs is 1. The van der Waals surface area contributed by atoms with E-state index in [-0.39, 0.29) is 0 Å². The summed E-state index contributed by atoms with van der Waals surface area (Å²) in [6, 6.07) is 0.699. The smallest absolute Gasteiger partial charge is 0.0684 e. The van der Waals surface area contributed by atoms with E-state index in [0.717, 1.165) is 18.4 Å². The summed E-state index contributed by atoms with van der Waals surface area (Å²) in [6.07, 6.45) is 10.4. The van der Waals surface area contributed by atoms with Crippen LogP contribution in [0.5, 0.6) is 0 Å². The first-order valence-corrected chi connectivity index (χ1v) is 8.04. The Kier molecular flexibility index (Phi) is 3.68. The van der Waals surface area contributed by atoms with E-state index >= 15 is 0 Å². The van der Waals surface area contributed by atoms with Crippen LogP contribution in [0.15, 0.2) is 0 Å². The van der Waals surface area contributed by atoms with Crippen LogP contribution in [-0.2, 0) is 4.74 Å². The maximum atomic E-state index is 5.97. The van der Waals surface area contributed by atoms with Gasteiger partial charge in [-0.15, -0.1) is 0 Å². The van der Waals surface area contributed by atoms with Gasteiger partial charge in [0, 0.05) is 24.0 Å². The molecule has 3 aliphatic rings. The molecule has 3 atom stereocenters. The maximum absolute atomic E-state index is 5.97. The van der Waals surface area contributed by atoms with E-state index in [9.17, 15) is 0 Å². The van der Waals surface area contributed by atoms with Crippen molar-refractivity contribution in [2.45, 2.75) is 70.9 Å². The van der Waals surface area contributed by atoms with Gasteiger partial charge < -0.3 is 10.1 Å². The molecular formula is C16H29NO. The third kappa shape index (κ3) is 2.22. The van der Waals surface area contributed by atoms with Gasteiger partial charge in [-0.2, -0.15) is 0 Å². The summed E-state index contributed by atoms with van der Waals surface area (Å²) in [5.41, 5.74) is 0.347. The zero-order valence-electron chi connectivity index (χ0n) is 12.1. The molecule has 2 aliphatic carbocycles. The van der Waals surface area contributed by atoms with Crippen molar-refractivity contribution in [3.63, 3.8) is 0 Å². The molecule has 0 amide bonds. The Balaban J connectivity index is 1.52. The molecule has 0 radical (unpaired) electrons. The van der Waals surface area contributed by atoms with Gasteiger partial charge in [0.2, 0.25) is 0 Å². The molecule has 1 aliphatic heterocycles. The molecule has 1 heterocycles. The molecule has 3 unspecified atom stereocenters. The van der Waals surface area contributed by atoms with Gasteiger partial charge >= 0.3 is 0 Å². The standard InChI is InChI=1S/C16H29NO/c1-16(2)14(13-9-6-10-18-15(13)16)17-11-12-7-4-3-5-8-12/h12-15,17H,3-11H2,1-2H3. The first-order valence-electron chi connectivity index (χ1n) is 8.04. The molecule has 1 N–H and O–H groups in total. The molecular weight excluding hydrogens is 222 g/mol. The van der Waals surface area contributed by atoms with Gasteiger partial charge in [-0.05, 0) is 38.1 Å². The summed E-state index contributed by atoms with van der Waals surface area (Å²) in [4.78, 5) is 0. The molecule has 0 aromatic rings. The maximum Gasteiger partial charge on any atom is 0.0684 e. The van der Waals surface area contributed by atoms with Crippen LogP contribution >= 0.6 is 0 Å². The largest absolute Gasteiger partial charge is 0.377 e. The Morgan fingerprint density at radius 3 is 2.61 bits per heavy atom. The third-order valence-electron chi connectivity index (χ3n) is 5.68. The van der Waals surface area contributed by atoms with Gasteiger partial charge in [0.05, 0.1) is 6.10 Å². The van der Waals surface area contributed by atoms with Gasteiger partial charge in [0.25, 0.3) is 0 Å². The normalized spacial score (nSPS) is 40.0. The van der Waals surface area contributed by atoms with Crippen molar-refractivity contribution in [3.05, 3.63) is 0 Å². The monoisotopic (exact) mass is 251 g/mol. The van der Waals surface area contributed by atoms with Crippen LogP contribution in [0, 0.1) is 17.3 Å². The lowest BCUT2D eigenvalue weighted by atomic mass is 9.55. The highest BCUT2D eigenvalue weighted by atomic mass is 16.5. The van der Waals surface area contributed by atoms with E-state index in [4.69, 9.17) is 4.74 Å². The minimum absolute atomic E-state index is 0.347. The van der Waals surface area contributed by atoms with Crippen molar-refractivity contribution in [1.82, 2.24) is 5.32 Å². The summed E-state index contributed by atoms with van der Waals surface area (Å²) in [6.45, 7) is 7.01. The Labute approximate surface area is 112 Å². The quantitative estimate of drug-likeness (QED) is 0.830. The number of rotatable bonds is 3. The molecule has 18 heavy (non-hydrogen) atoms. The number of hydrogen-bond donors (Lipinski definition) is 1. The predicted octanol–water partition coefficient (Wildman–Crippen LogP) is 3.36. The topological polar surface area (TPSA) is 21.3 Å². The average molecular weight is 251 g/mol. The average Bonchev–Trinajstić information content (AvgIpc) is 2.40.